The Morgan fingerprint density at radius 1 is 0.964 bits per heavy atom. The van der Waals surface area contributed by atoms with Gasteiger partial charge in [0, 0.05) is 18.4 Å². The van der Waals surface area contributed by atoms with Gasteiger partial charge in [-0.25, -0.2) is 0 Å². The molecule has 28 heavy (non-hydrogen) atoms. The first-order valence-corrected chi connectivity index (χ1v) is 9.72. The molecular weight excluding hydrogens is 348 g/mol. The maximum atomic E-state index is 13.2. The molecule has 0 radical (unpaired) electrons. The third-order valence-corrected chi connectivity index (χ3v) is 4.77. The van der Waals surface area contributed by atoms with E-state index in [4.69, 9.17) is 0 Å². The molecule has 0 fully saturated rings. The van der Waals surface area contributed by atoms with Crippen molar-refractivity contribution in [1.29, 1.82) is 0 Å². The highest BCUT2D eigenvalue weighted by atomic mass is 16.2. The van der Waals surface area contributed by atoms with Gasteiger partial charge in [-0.05, 0) is 43.2 Å². The van der Waals surface area contributed by atoms with Gasteiger partial charge in [0.15, 0.2) is 0 Å². The van der Waals surface area contributed by atoms with Gasteiger partial charge in [-0.2, -0.15) is 0 Å². The van der Waals surface area contributed by atoms with Crippen LogP contribution in [0.2, 0.25) is 0 Å². The maximum absolute atomic E-state index is 13.2. The lowest BCUT2D eigenvalue weighted by Gasteiger charge is -2.23. The zero-order chi connectivity index (χ0) is 19.9. The van der Waals surface area contributed by atoms with E-state index in [1.807, 2.05) is 61.5 Å². The van der Waals surface area contributed by atoms with Gasteiger partial charge in [0.25, 0.3) is 11.5 Å². The van der Waals surface area contributed by atoms with E-state index in [2.05, 4.69) is 6.92 Å². The Balaban J connectivity index is 1.91. The maximum Gasteiger partial charge on any atom is 0.263 e. The monoisotopic (exact) mass is 374 g/mol. The van der Waals surface area contributed by atoms with Gasteiger partial charge in [-0.3, -0.25) is 9.59 Å². The van der Waals surface area contributed by atoms with Crippen molar-refractivity contribution in [3.05, 3.63) is 100.0 Å². The highest BCUT2D eigenvalue weighted by molar-refractivity contribution is 6.05. The first-order valence-electron chi connectivity index (χ1n) is 9.72. The standard InChI is InChI=1S/C24H26N2O2/c1-3-4-17-26(21-9-6-5-7-10-21)24(28)22-11-8-16-25(23(22)27)18-20-14-12-19(2)13-15-20/h5-16H,3-4,17-18H2,1-2H3. The minimum atomic E-state index is -0.259. The molecule has 3 rings (SSSR count). The Kier molecular flexibility index (Phi) is 6.43. The van der Waals surface area contributed by atoms with Crippen LogP contribution in [-0.2, 0) is 6.54 Å². The van der Waals surface area contributed by atoms with Crippen LogP contribution in [0.4, 0.5) is 5.69 Å². The first kappa shape index (κ1) is 19.6. The van der Waals surface area contributed by atoms with Gasteiger partial charge in [-0.1, -0.05) is 61.4 Å². The number of para-hydroxylation sites is 1. The predicted molar refractivity (Wildman–Crippen MR) is 114 cm³/mol. The molecule has 0 spiro atoms. The third kappa shape index (κ3) is 4.58. The second-order valence-corrected chi connectivity index (χ2v) is 6.99. The lowest BCUT2D eigenvalue weighted by molar-refractivity contribution is 0.0984. The summed E-state index contributed by atoms with van der Waals surface area (Å²) in [5.74, 6) is -0.247. The van der Waals surface area contributed by atoms with E-state index in [1.54, 1.807) is 27.8 Å². The molecule has 0 aliphatic rings. The number of hydrogen-bond donors (Lipinski definition) is 0. The SMILES string of the molecule is CCCCN(C(=O)c1cccn(Cc2ccc(C)cc2)c1=O)c1ccccc1. The van der Waals surface area contributed by atoms with Crippen molar-refractivity contribution in [2.24, 2.45) is 0 Å². The number of unbranched alkanes of at least 4 members (excludes halogenated alkanes) is 1. The molecule has 0 unspecified atom stereocenters. The van der Waals surface area contributed by atoms with Crippen molar-refractivity contribution >= 4 is 11.6 Å². The van der Waals surface area contributed by atoms with Crippen LogP contribution in [-0.4, -0.2) is 17.0 Å². The van der Waals surface area contributed by atoms with Crippen molar-refractivity contribution in [1.82, 2.24) is 4.57 Å². The van der Waals surface area contributed by atoms with Gasteiger partial charge in [-0.15, -0.1) is 0 Å². The van der Waals surface area contributed by atoms with Gasteiger partial charge in [0.05, 0.1) is 6.54 Å². The molecule has 3 aromatic rings. The Morgan fingerprint density at radius 3 is 2.36 bits per heavy atom. The van der Waals surface area contributed by atoms with E-state index >= 15 is 0 Å². The van der Waals surface area contributed by atoms with E-state index in [1.165, 1.54) is 5.56 Å². The molecule has 0 aliphatic carbocycles. The van der Waals surface area contributed by atoms with Gasteiger partial charge in [0.2, 0.25) is 0 Å². The minimum Gasteiger partial charge on any atom is -0.310 e. The molecule has 1 aromatic heterocycles. The molecule has 1 amide bonds. The van der Waals surface area contributed by atoms with Crippen molar-refractivity contribution in [3.8, 4) is 0 Å². The van der Waals surface area contributed by atoms with E-state index < -0.39 is 0 Å². The Hall–Kier alpha value is -3.14. The van der Waals surface area contributed by atoms with Crippen molar-refractivity contribution in [2.75, 3.05) is 11.4 Å². The molecule has 0 atom stereocenters. The molecule has 4 heteroatoms. The molecular formula is C24H26N2O2. The summed E-state index contributed by atoms with van der Waals surface area (Å²) >= 11 is 0. The number of benzene rings is 2. The average Bonchev–Trinajstić information content (AvgIpc) is 2.72. The van der Waals surface area contributed by atoms with Gasteiger partial charge < -0.3 is 9.47 Å². The lowest BCUT2D eigenvalue weighted by atomic mass is 10.1. The first-order chi connectivity index (χ1) is 13.6. The quantitative estimate of drug-likeness (QED) is 0.604. The number of hydrogen-bond acceptors (Lipinski definition) is 2. The Morgan fingerprint density at radius 2 is 1.68 bits per heavy atom. The second-order valence-electron chi connectivity index (χ2n) is 6.99. The predicted octanol–water partition coefficient (Wildman–Crippen LogP) is 4.65. The summed E-state index contributed by atoms with van der Waals surface area (Å²) in [5, 5.41) is 0. The summed E-state index contributed by atoms with van der Waals surface area (Å²) in [5.41, 5.74) is 2.96. The van der Waals surface area contributed by atoms with Crippen LogP contribution < -0.4 is 10.5 Å². The molecule has 0 aliphatic heterocycles. The Bertz CT molecular complexity index is 975. The summed E-state index contributed by atoms with van der Waals surface area (Å²) in [6, 6.07) is 21.0. The van der Waals surface area contributed by atoms with Crippen LogP contribution in [0.25, 0.3) is 0 Å². The molecule has 4 nitrogen and oxygen atoms in total. The summed E-state index contributed by atoms with van der Waals surface area (Å²) in [4.78, 5) is 27.9. The smallest absolute Gasteiger partial charge is 0.263 e. The van der Waals surface area contributed by atoms with Crippen LogP contribution in [0.3, 0.4) is 0 Å². The zero-order valence-corrected chi connectivity index (χ0v) is 16.5. The molecule has 0 saturated heterocycles. The summed E-state index contributed by atoms with van der Waals surface area (Å²) in [7, 11) is 0. The summed E-state index contributed by atoms with van der Waals surface area (Å²) < 4.78 is 1.60. The highest BCUT2D eigenvalue weighted by Gasteiger charge is 2.20. The fraction of sp³-hybridized carbons (Fsp3) is 0.250. The van der Waals surface area contributed by atoms with E-state index in [0.717, 1.165) is 24.1 Å². The second kappa shape index (κ2) is 9.18. The van der Waals surface area contributed by atoms with E-state index in [9.17, 15) is 9.59 Å². The highest BCUT2D eigenvalue weighted by Crippen LogP contribution is 2.17. The Labute approximate surface area is 166 Å². The lowest BCUT2D eigenvalue weighted by Crippen LogP contribution is -2.37. The van der Waals surface area contributed by atoms with Crippen molar-refractivity contribution in [2.45, 2.75) is 33.2 Å². The van der Waals surface area contributed by atoms with Crippen LogP contribution in [0.1, 0.15) is 41.3 Å². The minimum absolute atomic E-state index is 0.203. The van der Waals surface area contributed by atoms with Gasteiger partial charge >= 0.3 is 0 Å². The normalized spacial score (nSPS) is 10.6. The molecule has 0 saturated carbocycles. The van der Waals surface area contributed by atoms with Crippen molar-refractivity contribution < 1.29 is 4.79 Å². The average molecular weight is 374 g/mol. The number of pyridine rings is 1. The van der Waals surface area contributed by atoms with E-state index in [0.29, 0.717) is 13.1 Å². The largest absolute Gasteiger partial charge is 0.310 e. The van der Waals surface area contributed by atoms with E-state index in [-0.39, 0.29) is 17.0 Å². The van der Waals surface area contributed by atoms with Gasteiger partial charge in [0.1, 0.15) is 5.56 Å². The zero-order valence-electron chi connectivity index (χ0n) is 16.5. The number of nitrogens with zero attached hydrogens (tertiary/aromatic N) is 2. The summed E-state index contributed by atoms with van der Waals surface area (Å²) in [6.07, 6.45) is 3.59. The molecule has 144 valence electrons. The number of rotatable bonds is 7. The molecule has 0 bridgehead atoms. The number of aryl methyl sites for hydroxylation is 1. The van der Waals surface area contributed by atoms with Crippen LogP contribution in [0.5, 0.6) is 0 Å². The number of carbonyl (C=O) groups excluding carboxylic acids is 1. The molecule has 2 aromatic carbocycles. The number of carbonyl (C=O) groups is 1. The fourth-order valence-corrected chi connectivity index (χ4v) is 3.13. The number of anilines is 1. The molecule has 1 heterocycles. The third-order valence-electron chi connectivity index (χ3n) is 4.77. The number of aromatic nitrogens is 1. The molecule has 0 N–H and O–H groups in total. The fourth-order valence-electron chi connectivity index (χ4n) is 3.13. The van der Waals surface area contributed by atoms with Crippen LogP contribution in [0, 0.1) is 6.92 Å². The summed E-state index contributed by atoms with van der Waals surface area (Å²) in [6.45, 7) is 5.15. The number of amides is 1. The van der Waals surface area contributed by atoms with Crippen LogP contribution >= 0.6 is 0 Å². The topological polar surface area (TPSA) is 42.3 Å². The van der Waals surface area contributed by atoms with Crippen LogP contribution in [0.15, 0.2) is 77.7 Å². The van der Waals surface area contributed by atoms with Crippen molar-refractivity contribution in [3.63, 3.8) is 0 Å².